The SMILES string of the molecule is CN1Cc2cnc(N3CC(F)(F)C3)nc2C1. The zero-order valence-electron chi connectivity index (χ0n) is 8.95. The molecule has 1 saturated heterocycles. The summed E-state index contributed by atoms with van der Waals surface area (Å²) in [7, 11) is 2.00. The summed E-state index contributed by atoms with van der Waals surface area (Å²) in [5, 5.41) is 0. The van der Waals surface area contributed by atoms with Gasteiger partial charge in [-0.2, -0.15) is 0 Å². The van der Waals surface area contributed by atoms with Crippen LogP contribution in [0, 0.1) is 0 Å². The van der Waals surface area contributed by atoms with Gasteiger partial charge in [-0.15, -0.1) is 0 Å². The van der Waals surface area contributed by atoms with Gasteiger partial charge in [0.2, 0.25) is 5.95 Å². The molecule has 0 aromatic carbocycles. The number of hydrogen-bond donors (Lipinski definition) is 0. The van der Waals surface area contributed by atoms with Gasteiger partial charge in [0.1, 0.15) is 0 Å². The second-order valence-electron chi connectivity index (χ2n) is 4.53. The van der Waals surface area contributed by atoms with Crippen molar-refractivity contribution in [1.29, 1.82) is 0 Å². The molecule has 4 nitrogen and oxygen atoms in total. The van der Waals surface area contributed by atoms with Crippen molar-refractivity contribution in [3.63, 3.8) is 0 Å². The Morgan fingerprint density at radius 2 is 2.06 bits per heavy atom. The summed E-state index contributed by atoms with van der Waals surface area (Å²) >= 11 is 0. The number of rotatable bonds is 1. The van der Waals surface area contributed by atoms with E-state index in [2.05, 4.69) is 14.9 Å². The first-order valence-electron chi connectivity index (χ1n) is 5.20. The zero-order valence-corrected chi connectivity index (χ0v) is 8.95. The standard InChI is InChI=1S/C10H12F2N4/c1-15-3-7-2-13-9(14-8(7)4-15)16-5-10(11,12)6-16/h2H,3-6H2,1H3. The summed E-state index contributed by atoms with van der Waals surface area (Å²) in [6, 6.07) is 0. The summed E-state index contributed by atoms with van der Waals surface area (Å²) < 4.78 is 25.4. The second kappa shape index (κ2) is 3.10. The molecule has 0 N–H and O–H groups in total. The Bertz CT molecular complexity index is 427. The van der Waals surface area contributed by atoms with Gasteiger partial charge in [0.15, 0.2) is 0 Å². The first kappa shape index (κ1) is 9.89. The maximum absolute atomic E-state index is 12.7. The van der Waals surface area contributed by atoms with Crippen LogP contribution in [0.5, 0.6) is 0 Å². The fraction of sp³-hybridized carbons (Fsp3) is 0.600. The molecule has 0 bridgehead atoms. The molecule has 0 unspecified atom stereocenters. The molecule has 16 heavy (non-hydrogen) atoms. The van der Waals surface area contributed by atoms with E-state index in [0.29, 0.717) is 5.95 Å². The van der Waals surface area contributed by atoms with Crippen molar-refractivity contribution < 1.29 is 8.78 Å². The molecule has 3 heterocycles. The van der Waals surface area contributed by atoms with E-state index >= 15 is 0 Å². The zero-order chi connectivity index (χ0) is 11.3. The molecule has 0 atom stereocenters. The third-order valence-electron chi connectivity index (χ3n) is 2.93. The first-order chi connectivity index (χ1) is 7.53. The molecular weight excluding hydrogens is 214 g/mol. The van der Waals surface area contributed by atoms with Crippen molar-refractivity contribution in [3.8, 4) is 0 Å². The molecule has 6 heteroatoms. The Hall–Kier alpha value is -1.30. The Balaban J connectivity index is 1.81. The second-order valence-corrected chi connectivity index (χ2v) is 4.53. The highest BCUT2D eigenvalue weighted by Gasteiger charge is 2.45. The van der Waals surface area contributed by atoms with E-state index in [9.17, 15) is 8.78 Å². The van der Waals surface area contributed by atoms with Crippen LogP contribution in [0.15, 0.2) is 6.20 Å². The molecule has 1 aromatic rings. The molecule has 3 rings (SSSR count). The van der Waals surface area contributed by atoms with Crippen LogP contribution >= 0.6 is 0 Å². The maximum Gasteiger partial charge on any atom is 0.282 e. The van der Waals surface area contributed by atoms with Crippen molar-refractivity contribution >= 4 is 5.95 Å². The van der Waals surface area contributed by atoms with E-state index in [0.717, 1.165) is 24.3 Å². The lowest BCUT2D eigenvalue weighted by Crippen LogP contribution is -2.57. The van der Waals surface area contributed by atoms with Crippen LogP contribution < -0.4 is 4.90 Å². The van der Waals surface area contributed by atoms with Crippen LogP contribution in [0.4, 0.5) is 14.7 Å². The van der Waals surface area contributed by atoms with Gasteiger partial charge in [0.25, 0.3) is 5.92 Å². The predicted molar refractivity (Wildman–Crippen MR) is 54.4 cm³/mol. The van der Waals surface area contributed by atoms with Gasteiger partial charge >= 0.3 is 0 Å². The smallest absolute Gasteiger partial charge is 0.282 e. The van der Waals surface area contributed by atoms with Crippen LogP contribution in [0.25, 0.3) is 0 Å². The van der Waals surface area contributed by atoms with Crippen LogP contribution in [0.3, 0.4) is 0 Å². The van der Waals surface area contributed by atoms with Crippen molar-refractivity contribution in [2.45, 2.75) is 19.0 Å². The minimum absolute atomic E-state index is 0.262. The first-order valence-corrected chi connectivity index (χ1v) is 5.20. The third-order valence-corrected chi connectivity index (χ3v) is 2.93. The molecule has 0 radical (unpaired) electrons. The highest BCUT2D eigenvalue weighted by molar-refractivity contribution is 5.39. The van der Waals surface area contributed by atoms with Crippen molar-refractivity contribution in [1.82, 2.24) is 14.9 Å². The van der Waals surface area contributed by atoms with Gasteiger partial charge in [-0.25, -0.2) is 18.7 Å². The maximum atomic E-state index is 12.7. The molecule has 0 saturated carbocycles. The lowest BCUT2D eigenvalue weighted by Gasteiger charge is -2.38. The normalized spacial score (nSPS) is 23.1. The largest absolute Gasteiger partial charge is 0.329 e. The minimum Gasteiger partial charge on any atom is -0.329 e. The number of anilines is 1. The number of alkyl halides is 2. The van der Waals surface area contributed by atoms with Crippen molar-refractivity contribution in [3.05, 3.63) is 17.5 Å². The van der Waals surface area contributed by atoms with E-state index in [4.69, 9.17) is 0 Å². The number of aromatic nitrogens is 2. The molecule has 0 spiro atoms. The van der Waals surface area contributed by atoms with E-state index in [1.165, 1.54) is 4.90 Å². The fourth-order valence-electron chi connectivity index (χ4n) is 2.11. The fourth-order valence-corrected chi connectivity index (χ4v) is 2.11. The van der Waals surface area contributed by atoms with Crippen LogP contribution in [-0.4, -0.2) is 40.9 Å². The third kappa shape index (κ3) is 1.53. The summed E-state index contributed by atoms with van der Waals surface area (Å²) in [5.41, 5.74) is 2.06. The average molecular weight is 226 g/mol. The monoisotopic (exact) mass is 226 g/mol. The number of halogens is 2. The number of hydrogen-bond acceptors (Lipinski definition) is 4. The summed E-state index contributed by atoms with van der Waals surface area (Å²) in [5.74, 6) is -2.14. The van der Waals surface area contributed by atoms with Gasteiger partial charge in [-0.05, 0) is 7.05 Å². The number of fused-ring (bicyclic) bond motifs is 1. The molecular formula is C10H12F2N4. The predicted octanol–water partition coefficient (Wildman–Crippen LogP) is 0.877. The van der Waals surface area contributed by atoms with E-state index in [-0.39, 0.29) is 13.1 Å². The number of nitrogens with zero attached hydrogens (tertiary/aromatic N) is 4. The van der Waals surface area contributed by atoms with Crippen molar-refractivity contribution in [2.24, 2.45) is 0 Å². The van der Waals surface area contributed by atoms with Gasteiger partial charge in [0.05, 0.1) is 18.8 Å². The van der Waals surface area contributed by atoms with Crippen molar-refractivity contribution in [2.75, 3.05) is 25.0 Å². The highest BCUT2D eigenvalue weighted by atomic mass is 19.3. The molecule has 0 aliphatic carbocycles. The van der Waals surface area contributed by atoms with Crippen LogP contribution in [0.1, 0.15) is 11.3 Å². The Morgan fingerprint density at radius 3 is 2.75 bits per heavy atom. The molecule has 2 aliphatic heterocycles. The van der Waals surface area contributed by atoms with Crippen LogP contribution in [-0.2, 0) is 13.1 Å². The molecule has 1 fully saturated rings. The van der Waals surface area contributed by atoms with Gasteiger partial charge in [-0.3, -0.25) is 4.90 Å². The quantitative estimate of drug-likeness (QED) is 0.711. The highest BCUT2D eigenvalue weighted by Crippen LogP contribution is 2.30. The lowest BCUT2D eigenvalue weighted by atomic mass is 10.1. The molecule has 0 amide bonds. The lowest BCUT2D eigenvalue weighted by molar-refractivity contribution is -0.0272. The molecule has 1 aromatic heterocycles. The Labute approximate surface area is 91.9 Å². The Morgan fingerprint density at radius 1 is 1.31 bits per heavy atom. The average Bonchev–Trinajstić information content (AvgIpc) is 2.52. The summed E-state index contributed by atoms with van der Waals surface area (Å²) in [4.78, 5) is 12.1. The van der Waals surface area contributed by atoms with E-state index < -0.39 is 5.92 Å². The summed E-state index contributed by atoms with van der Waals surface area (Å²) in [6.07, 6.45) is 1.75. The summed E-state index contributed by atoms with van der Waals surface area (Å²) in [6.45, 7) is 1.09. The van der Waals surface area contributed by atoms with Crippen LogP contribution in [0.2, 0.25) is 0 Å². The topological polar surface area (TPSA) is 32.3 Å². The molecule has 2 aliphatic rings. The van der Waals surface area contributed by atoms with E-state index in [1.807, 2.05) is 7.05 Å². The Kier molecular flexibility index (Phi) is 1.92. The van der Waals surface area contributed by atoms with E-state index in [1.54, 1.807) is 6.20 Å². The minimum atomic E-state index is -2.57. The molecule has 86 valence electrons. The van der Waals surface area contributed by atoms with Gasteiger partial charge in [-0.1, -0.05) is 0 Å². The van der Waals surface area contributed by atoms with Gasteiger partial charge < -0.3 is 4.90 Å². The van der Waals surface area contributed by atoms with Gasteiger partial charge in [0, 0.05) is 24.8 Å².